The van der Waals surface area contributed by atoms with Crippen LogP contribution in [0.5, 0.6) is 0 Å². The third-order valence-electron chi connectivity index (χ3n) is 3.12. The maximum atomic E-state index is 6.11. The molecule has 0 saturated carbocycles. The lowest BCUT2D eigenvalue weighted by molar-refractivity contribution is 0.704. The lowest BCUT2D eigenvalue weighted by atomic mass is 10.2. The zero-order chi connectivity index (χ0) is 13.4. The lowest BCUT2D eigenvalue weighted by Gasteiger charge is -2.06. The molecule has 0 aliphatic rings. The minimum atomic E-state index is 0.832. The van der Waals surface area contributed by atoms with E-state index in [0.717, 1.165) is 40.4 Å². The number of aryl methyl sites for hydroxylation is 2. The number of nitrogens with two attached hydrogens (primary N) is 1. The number of hydrogen-bond donors (Lipinski definition) is 1. The van der Waals surface area contributed by atoms with Gasteiger partial charge >= 0.3 is 0 Å². The van der Waals surface area contributed by atoms with Gasteiger partial charge in [0, 0.05) is 17.6 Å². The van der Waals surface area contributed by atoms with Gasteiger partial charge in [-0.25, -0.2) is 4.98 Å². The molecular weight excluding hydrogens is 256 g/mol. The fourth-order valence-corrected chi connectivity index (χ4v) is 3.13. The first kappa shape index (κ1) is 12.2. The van der Waals surface area contributed by atoms with Crippen molar-refractivity contribution in [2.75, 3.05) is 5.73 Å². The molecule has 5 heteroatoms. The normalized spacial score (nSPS) is 11.3. The van der Waals surface area contributed by atoms with Crippen LogP contribution in [0.1, 0.15) is 18.2 Å². The van der Waals surface area contributed by atoms with E-state index < -0.39 is 0 Å². The SMILES string of the molecule is CCCn1c(-c2cc(C)sc2N)nc2cnccc21. The number of pyridine rings is 1. The second-order valence-electron chi connectivity index (χ2n) is 4.59. The van der Waals surface area contributed by atoms with Crippen molar-refractivity contribution in [1.82, 2.24) is 14.5 Å². The summed E-state index contributed by atoms with van der Waals surface area (Å²) in [7, 11) is 0. The van der Waals surface area contributed by atoms with E-state index in [2.05, 4.69) is 29.5 Å². The molecule has 0 unspecified atom stereocenters. The van der Waals surface area contributed by atoms with E-state index in [-0.39, 0.29) is 0 Å². The highest BCUT2D eigenvalue weighted by Gasteiger charge is 2.15. The summed E-state index contributed by atoms with van der Waals surface area (Å²) in [6.45, 7) is 5.17. The Balaban J connectivity index is 2.27. The van der Waals surface area contributed by atoms with Crippen LogP contribution in [0, 0.1) is 6.92 Å². The number of nitrogen functional groups attached to an aromatic ring is 1. The van der Waals surface area contributed by atoms with Gasteiger partial charge in [0.2, 0.25) is 0 Å². The fourth-order valence-electron chi connectivity index (χ4n) is 2.34. The molecule has 0 aliphatic carbocycles. The van der Waals surface area contributed by atoms with E-state index in [1.807, 2.05) is 12.3 Å². The number of fused-ring (bicyclic) bond motifs is 1. The van der Waals surface area contributed by atoms with E-state index in [1.165, 1.54) is 4.88 Å². The number of rotatable bonds is 3. The van der Waals surface area contributed by atoms with Crippen molar-refractivity contribution in [3.63, 3.8) is 0 Å². The Hall–Kier alpha value is -1.88. The first-order chi connectivity index (χ1) is 9.20. The van der Waals surface area contributed by atoms with Gasteiger partial charge in [0.15, 0.2) is 0 Å². The third kappa shape index (κ3) is 2.00. The Morgan fingerprint density at radius 1 is 1.42 bits per heavy atom. The predicted octanol–water partition coefficient (Wildman–Crippen LogP) is 3.46. The molecule has 0 bridgehead atoms. The van der Waals surface area contributed by atoms with Gasteiger partial charge in [-0.1, -0.05) is 6.92 Å². The quantitative estimate of drug-likeness (QED) is 0.794. The van der Waals surface area contributed by atoms with E-state index in [9.17, 15) is 0 Å². The summed E-state index contributed by atoms with van der Waals surface area (Å²) in [5.41, 5.74) is 9.19. The molecule has 0 aromatic carbocycles. The molecule has 0 saturated heterocycles. The Bertz CT molecular complexity index is 726. The summed E-state index contributed by atoms with van der Waals surface area (Å²) >= 11 is 1.61. The zero-order valence-corrected chi connectivity index (χ0v) is 11.9. The van der Waals surface area contributed by atoms with Crippen LogP contribution in [0.2, 0.25) is 0 Å². The van der Waals surface area contributed by atoms with Crippen LogP contribution in [0.4, 0.5) is 5.00 Å². The van der Waals surface area contributed by atoms with Gasteiger partial charge in [-0.15, -0.1) is 11.3 Å². The van der Waals surface area contributed by atoms with Crippen molar-refractivity contribution in [2.45, 2.75) is 26.8 Å². The Morgan fingerprint density at radius 2 is 2.26 bits per heavy atom. The maximum absolute atomic E-state index is 6.11. The molecule has 0 fully saturated rings. The van der Waals surface area contributed by atoms with Gasteiger partial charge in [-0.3, -0.25) is 4.98 Å². The number of hydrogen-bond acceptors (Lipinski definition) is 4. The molecule has 0 amide bonds. The molecule has 2 N–H and O–H groups in total. The summed E-state index contributed by atoms with van der Waals surface area (Å²) < 4.78 is 2.23. The summed E-state index contributed by atoms with van der Waals surface area (Å²) in [6.07, 6.45) is 4.67. The van der Waals surface area contributed by atoms with E-state index in [4.69, 9.17) is 10.7 Å². The van der Waals surface area contributed by atoms with Crippen LogP contribution in [0.25, 0.3) is 22.4 Å². The largest absolute Gasteiger partial charge is 0.390 e. The average molecular weight is 272 g/mol. The minimum Gasteiger partial charge on any atom is -0.390 e. The molecule has 3 aromatic heterocycles. The standard InChI is InChI=1S/C14H16N4S/c1-3-6-18-12-4-5-16-8-11(12)17-14(18)10-7-9(2)19-13(10)15/h4-5,7-8H,3,6,15H2,1-2H3. The summed E-state index contributed by atoms with van der Waals surface area (Å²) in [6, 6.07) is 4.12. The maximum Gasteiger partial charge on any atom is 0.144 e. The van der Waals surface area contributed by atoms with Crippen LogP contribution in [-0.2, 0) is 6.54 Å². The smallest absolute Gasteiger partial charge is 0.144 e. The first-order valence-corrected chi connectivity index (χ1v) is 7.19. The Kier molecular flexibility index (Phi) is 2.98. The molecule has 4 nitrogen and oxygen atoms in total. The topological polar surface area (TPSA) is 56.7 Å². The second kappa shape index (κ2) is 4.66. The number of imidazole rings is 1. The summed E-state index contributed by atoms with van der Waals surface area (Å²) in [5.74, 6) is 0.951. The fraction of sp³-hybridized carbons (Fsp3) is 0.286. The van der Waals surface area contributed by atoms with Crippen LogP contribution < -0.4 is 5.73 Å². The van der Waals surface area contributed by atoms with Crippen molar-refractivity contribution in [3.05, 3.63) is 29.4 Å². The zero-order valence-electron chi connectivity index (χ0n) is 11.1. The molecular formula is C14H16N4S. The van der Waals surface area contributed by atoms with Crippen LogP contribution in [0.3, 0.4) is 0 Å². The van der Waals surface area contributed by atoms with E-state index >= 15 is 0 Å². The van der Waals surface area contributed by atoms with Crippen molar-refractivity contribution in [2.24, 2.45) is 0 Å². The molecule has 3 rings (SSSR count). The van der Waals surface area contributed by atoms with Crippen molar-refractivity contribution in [1.29, 1.82) is 0 Å². The number of aromatic nitrogens is 3. The summed E-state index contributed by atoms with van der Waals surface area (Å²) in [4.78, 5) is 10.1. The highest BCUT2D eigenvalue weighted by atomic mass is 32.1. The van der Waals surface area contributed by atoms with Crippen molar-refractivity contribution < 1.29 is 0 Å². The molecule has 0 atom stereocenters. The van der Waals surface area contributed by atoms with Crippen LogP contribution >= 0.6 is 11.3 Å². The van der Waals surface area contributed by atoms with Gasteiger partial charge in [0.25, 0.3) is 0 Å². The number of nitrogens with zero attached hydrogens (tertiary/aromatic N) is 3. The van der Waals surface area contributed by atoms with Gasteiger partial charge in [-0.05, 0) is 25.5 Å². The molecule has 98 valence electrons. The summed E-state index contributed by atoms with van der Waals surface area (Å²) in [5, 5.41) is 0.832. The van der Waals surface area contributed by atoms with Crippen LogP contribution in [-0.4, -0.2) is 14.5 Å². The lowest BCUT2D eigenvalue weighted by Crippen LogP contribution is -2.00. The molecule has 0 spiro atoms. The van der Waals surface area contributed by atoms with Gasteiger partial charge < -0.3 is 10.3 Å². The average Bonchev–Trinajstić information content (AvgIpc) is 2.91. The third-order valence-corrected chi connectivity index (χ3v) is 4.00. The molecule has 3 aromatic rings. The highest BCUT2D eigenvalue weighted by molar-refractivity contribution is 7.16. The second-order valence-corrected chi connectivity index (χ2v) is 5.87. The molecule has 19 heavy (non-hydrogen) atoms. The van der Waals surface area contributed by atoms with Crippen LogP contribution in [0.15, 0.2) is 24.5 Å². The minimum absolute atomic E-state index is 0.832. The Morgan fingerprint density at radius 3 is 2.95 bits per heavy atom. The Labute approximate surface area is 115 Å². The van der Waals surface area contributed by atoms with E-state index in [0.29, 0.717) is 0 Å². The van der Waals surface area contributed by atoms with Gasteiger partial charge in [-0.2, -0.15) is 0 Å². The molecule has 3 heterocycles. The van der Waals surface area contributed by atoms with Gasteiger partial charge in [0.1, 0.15) is 11.3 Å². The molecule has 0 aliphatic heterocycles. The predicted molar refractivity (Wildman–Crippen MR) is 80.3 cm³/mol. The van der Waals surface area contributed by atoms with E-state index in [1.54, 1.807) is 17.5 Å². The highest BCUT2D eigenvalue weighted by Crippen LogP contribution is 2.34. The monoisotopic (exact) mass is 272 g/mol. The van der Waals surface area contributed by atoms with Crippen molar-refractivity contribution in [3.8, 4) is 11.4 Å². The number of anilines is 1. The molecule has 0 radical (unpaired) electrons. The van der Waals surface area contributed by atoms with Gasteiger partial charge in [0.05, 0.1) is 22.3 Å². The van der Waals surface area contributed by atoms with Crippen molar-refractivity contribution >= 4 is 27.4 Å². The number of thiophene rings is 1. The first-order valence-electron chi connectivity index (χ1n) is 6.37.